The molecule has 126 valence electrons. The Bertz CT molecular complexity index is 737. The van der Waals surface area contributed by atoms with Gasteiger partial charge < -0.3 is 4.90 Å². The van der Waals surface area contributed by atoms with E-state index in [9.17, 15) is 13.9 Å². The molecule has 1 aliphatic rings. The number of nitrogens with zero attached hydrogens (tertiary/aromatic N) is 3. The number of ketones is 1. The van der Waals surface area contributed by atoms with Gasteiger partial charge in [-0.3, -0.25) is 18.3 Å². The number of anilines is 1. The normalized spacial score (nSPS) is 19.0. The van der Waals surface area contributed by atoms with Crippen molar-refractivity contribution in [3.8, 4) is 0 Å². The third kappa shape index (κ3) is 3.19. The molecule has 0 radical (unpaired) electrons. The lowest BCUT2D eigenvalue weighted by Crippen LogP contribution is -2.40. The Hall–Kier alpha value is -1.28. The first-order valence-corrected chi connectivity index (χ1v) is 9.85. The lowest BCUT2D eigenvalue weighted by molar-refractivity contribution is 0.0982. The Labute approximate surface area is 141 Å². The van der Waals surface area contributed by atoms with Crippen LogP contribution in [0.4, 0.5) is 5.82 Å². The van der Waals surface area contributed by atoms with Gasteiger partial charge in [0.05, 0.1) is 33.8 Å². The number of carbonyl (C=O) groups excluding carboxylic acids is 1. The first-order valence-electron chi connectivity index (χ1n) is 7.59. The van der Waals surface area contributed by atoms with Gasteiger partial charge in [-0.1, -0.05) is 18.5 Å². The molecule has 2 aromatic rings. The molecule has 0 unspecified atom stereocenters. The van der Waals surface area contributed by atoms with Gasteiger partial charge >= 0.3 is 0 Å². The Morgan fingerprint density at radius 2 is 2.09 bits per heavy atom. The zero-order valence-corrected chi connectivity index (χ0v) is 14.5. The highest BCUT2D eigenvalue weighted by Crippen LogP contribution is 2.42. The lowest BCUT2D eigenvalue weighted by atomic mass is 10.1. The van der Waals surface area contributed by atoms with E-state index < -0.39 is 10.6 Å². The van der Waals surface area contributed by atoms with Crippen molar-refractivity contribution in [1.29, 1.82) is 0 Å². The predicted molar refractivity (Wildman–Crippen MR) is 94.2 cm³/mol. The summed E-state index contributed by atoms with van der Waals surface area (Å²) in [6, 6.07) is 1.71. The zero-order valence-electron chi connectivity index (χ0n) is 12.9. The number of pyridine rings is 1. The van der Waals surface area contributed by atoms with Crippen LogP contribution >= 0.6 is 22.2 Å². The number of hydrogen-bond donors (Lipinski definition) is 2. The van der Waals surface area contributed by atoms with E-state index in [2.05, 4.69) is 4.98 Å². The van der Waals surface area contributed by atoms with Gasteiger partial charge in [0.1, 0.15) is 12.1 Å². The molecule has 0 saturated carbocycles. The quantitative estimate of drug-likeness (QED) is 0.818. The summed E-state index contributed by atoms with van der Waals surface area (Å²) in [7, 11) is -2.49. The van der Waals surface area contributed by atoms with Crippen LogP contribution in [0.2, 0.25) is 5.02 Å². The van der Waals surface area contributed by atoms with Gasteiger partial charge in [0, 0.05) is 19.5 Å². The smallest absolute Gasteiger partial charge is 0.166 e. The molecule has 3 rings (SSSR count). The van der Waals surface area contributed by atoms with E-state index in [0.29, 0.717) is 41.6 Å². The molecule has 0 spiro atoms. The van der Waals surface area contributed by atoms with Crippen LogP contribution in [0.5, 0.6) is 0 Å². The summed E-state index contributed by atoms with van der Waals surface area (Å²) >= 11 is 6.30. The average Bonchev–Trinajstić information content (AvgIpc) is 2.98. The van der Waals surface area contributed by atoms with Gasteiger partial charge in [0.15, 0.2) is 5.78 Å². The third-order valence-corrected chi connectivity index (χ3v) is 6.05. The van der Waals surface area contributed by atoms with E-state index in [-0.39, 0.29) is 5.78 Å². The molecule has 1 aliphatic heterocycles. The maximum Gasteiger partial charge on any atom is 0.166 e. The first kappa shape index (κ1) is 16.6. The van der Waals surface area contributed by atoms with Crippen LogP contribution in [0.1, 0.15) is 30.1 Å². The Morgan fingerprint density at radius 3 is 2.74 bits per heavy atom. The Kier molecular flexibility index (Phi) is 4.55. The van der Waals surface area contributed by atoms with Crippen molar-refractivity contribution in [3.63, 3.8) is 0 Å². The highest BCUT2D eigenvalue weighted by molar-refractivity contribution is 8.24. The van der Waals surface area contributed by atoms with Gasteiger partial charge in [-0.25, -0.2) is 4.98 Å². The van der Waals surface area contributed by atoms with Crippen LogP contribution in [0.25, 0.3) is 5.52 Å². The van der Waals surface area contributed by atoms with E-state index in [1.165, 1.54) is 0 Å². The summed E-state index contributed by atoms with van der Waals surface area (Å²) in [6.45, 7) is 2.94. The molecular formula is C15H20ClN3O3S. The minimum Gasteiger partial charge on any atom is -0.354 e. The number of Topliss-reactive ketones (excluding diaryl/α,β-unsaturated/α-hetero) is 1. The predicted octanol–water partition coefficient (Wildman–Crippen LogP) is 3.54. The van der Waals surface area contributed by atoms with Crippen molar-refractivity contribution < 1.29 is 13.9 Å². The maximum atomic E-state index is 12.5. The number of rotatable bonds is 4. The second kappa shape index (κ2) is 6.32. The van der Waals surface area contributed by atoms with Crippen LogP contribution in [0.3, 0.4) is 0 Å². The van der Waals surface area contributed by atoms with E-state index in [4.69, 9.17) is 11.6 Å². The van der Waals surface area contributed by atoms with E-state index in [0.717, 1.165) is 17.8 Å². The first-order chi connectivity index (χ1) is 10.9. The van der Waals surface area contributed by atoms with Crippen molar-refractivity contribution in [2.24, 2.45) is 0 Å². The minimum atomic E-state index is -2.49. The molecule has 2 aromatic heterocycles. The zero-order chi connectivity index (χ0) is 16.6. The molecule has 23 heavy (non-hydrogen) atoms. The van der Waals surface area contributed by atoms with Gasteiger partial charge in [-0.15, -0.1) is 0 Å². The SMILES string of the molecule is CCCC(=O)c1cc(Cl)c2cncn2c1N1CCS(O)(O)CC1. The number of imidazole rings is 1. The van der Waals surface area contributed by atoms with Gasteiger partial charge in [0.2, 0.25) is 0 Å². The van der Waals surface area contributed by atoms with Crippen LogP contribution in [-0.2, 0) is 0 Å². The maximum absolute atomic E-state index is 12.5. The largest absolute Gasteiger partial charge is 0.354 e. The van der Waals surface area contributed by atoms with E-state index in [1.54, 1.807) is 18.6 Å². The monoisotopic (exact) mass is 357 g/mol. The molecule has 0 aromatic carbocycles. The van der Waals surface area contributed by atoms with Gasteiger partial charge in [-0.2, -0.15) is 10.6 Å². The number of fused-ring (bicyclic) bond motifs is 1. The number of carbonyl (C=O) groups is 1. The third-order valence-electron chi connectivity index (χ3n) is 4.08. The summed E-state index contributed by atoms with van der Waals surface area (Å²) < 4.78 is 21.5. The fourth-order valence-electron chi connectivity index (χ4n) is 2.86. The van der Waals surface area contributed by atoms with Crippen molar-refractivity contribution >= 4 is 39.3 Å². The summed E-state index contributed by atoms with van der Waals surface area (Å²) in [6.07, 6.45) is 4.52. The molecular weight excluding hydrogens is 338 g/mol. The van der Waals surface area contributed by atoms with E-state index >= 15 is 0 Å². The van der Waals surface area contributed by atoms with Crippen molar-refractivity contribution in [3.05, 3.63) is 29.2 Å². The van der Waals surface area contributed by atoms with Crippen molar-refractivity contribution in [2.45, 2.75) is 19.8 Å². The molecule has 0 bridgehead atoms. The molecule has 0 aliphatic carbocycles. The molecule has 6 nitrogen and oxygen atoms in total. The van der Waals surface area contributed by atoms with Crippen molar-refractivity contribution in [1.82, 2.24) is 9.38 Å². The Morgan fingerprint density at radius 1 is 1.39 bits per heavy atom. The second-order valence-corrected chi connectivity index (χ2v) is 8.58. The van der Waals surface area contributed by atoms with Gasteiger partial charge in [-0.05, 0) is 12.5 Å². The lowest BCUT2D eigenvalue weighted by Gasteiger charge is -2.42. The average molecular weight is 358 g/mol. The summed E-state index contributed by atoms with van der Waals surface area (Å²) in [5.41, 5.74) is 1.31. The van der Waals surface area contributed by atoms with Crippen LogP contribution in [0.15, 0.2) is 18.6 Å². The van der Waals surface area contributed by atoms with Crippen LogP contribution in [-0.4, -0.2) is 48.9 Å². The second-order valence-electron chi connectivity index (χ2n) is 5.75. The fraction of sp³-hybridized carbons (Fsp3) is 0.467. The summed E-state index contributed by atoms with van der Waals surface area (Å²) in [4.78, 5) is 18.7. The highest BCUT2D eigenvalue weighted by atomic mass is 35.5. The van der Waals surface area contributed by atoms with Gasteiger partial charge in [0.25, 0.3) is 0 Å². The molecule has 3 heterocycles. The number of hydrogen-bond acceptors (Lipinski definition) is 5. The topological polar surface area (TPSA) is 78.1 Å². The van der Waals surface area contributed by atoms with Crippen LogP contribution in [0, 0.1) is 0 Å². The standard InChI is InChI=1S/C15H20ClN3O3S/c1-2-3-14(20)11-8-12(16)13-9-17-10-19(13)15(11)18-4-6-23(21,22)7-5-18/h8-10,21-22H,2-7H2,1H3. The molecule has 2 N–H and O–H groups in total. The molecule has 0 amide bonds. The minimum absolute atomic E-state index is 0.0391. The molecule has 0 atom stereocenters. The summed E-state index contributed by atoms with van der Waals surface area (Å²) in [5.74, 6) is 1.41. The molecule has 1 fully saturated rings. The van der Waals surface area contributed by atoms with Crippen LogP contribution < -0.4 is 4.90 Å². The van der Waals surface area contributed by atoms with Crippen molar-refractivity contribution in [2.75, 3.05) is 29.5 Å². The molecule has 1 saturated heterocycles. The number of aromatic nitrogens is 2. The fourth-order valence-corrected chi connectivity index (χ4v) is 4.34. The highest BCUT2D eigenvalue weighted by Gasteiger charge is 2.27. The van der Waals surface area contributed by atoms with E-state index in [1.807, 2.05) is 16.2 Å². The summed E-state index contributed by atoms with van der Waals surface area (Å²) in [5, 5.41) is 0.493. The number of halogens is 1. The molecule has 8 heteroatoms. The Balaban J connectivity index is 2.09.